The fourth-order valence-electron chi connectivity index (χ4n) is 1.59. The highest BCUT2D eigenvalue weighted by atomic mass is 16.4. The maximum absolute atomic E-state index is 11.2. The van der Waals surface area contributed by atoms with Crippen LogP contribution in [0, 0.1) is 0 Å². The number of carboxylic acids is 1. The Morgan fingerprint density at radius 1 is 1.27 bits per heavy atom. The molecule has 0 heterocycles. The van der Waals surface area contributed by atoms with Crippen LogP contribution in [0.5, 0.6) is 0 Å². The van der Waals surface area contributed by atoms with Crippen LogP contribution in [0.2, 0.25) is 0 Å². The topological polar surface area (TPSA) is 37.3 Å². The van der Waals surface area contributed by atoms with Gasteiger partial charge in [0.25, 0.3) is 0 Å². The molecule has 0 aromatic heterocycles. The Hall–Kier alpha value is -1.31. The molecule has 2 heteroatoms. The summed E-state index contributed by atoms with van der Waals surface area (Å²) in [5.41, 5.74) is 1.36. The van der Waals surface area contributed by atoms with E-state index in [-0.39, 0.29) is 0 Å². The van der Waals surface area contributed by atoms with Gasteiger partial charge in [0.05, 0.1) is 5.41 Å². The van der Waals surface area contributed by atoms with Crippen LogP contribution >= 0.6 is 0 Å². The minimum Gasteiger partial charge on any atom is -0.481 e. The van der Waals surface area contributed by atoms with Crippen LogP contribution in [0.25, 0.3) is 0 Å². The van der Waals surface area contributed by atoms with Crippen molar-refractivity contribution < 1.29 is 9.90 Å². The lowest BCUT2D eigenvalue weighted by Crippen LogP contribution is -2.31. The van der Waals surface area contributed by atoms with Gasteiger partial charge in [-0.15, -0.1) is 0 Å². The van der Waals surface area contributed by atoms with E-state index in [1.807, 2.05) is 31.2 Å². The van der Waals surface area contributed by atoms with Crippen molar-refractivity contribution in [1.82, 2.24) is 0 Å². The molecule has 0 fully saturated rings. The molecule has 0 aliphatic heterocycles. The van der Waals surface area contributed by atoms with Gasteiger partial charge in [0.2, 0.25) is 0 Å². The fraction of sp³-hybridized carbons (Fsp3) is 0.462. The lowest BCUT2D eigenvalue weighted by Gasteiger charge is -2.23. The number of rotatable bonds is 4. The zero-order valence-electron chi connectivity index (χ0n) is 9.58. The summed E-state index contributed by atoms with van der Waals surface area (Å²) < 4.78 is 0. The maximum Gasteiger partial charge on any atom is 0.313 e. The Labute approximate surface area is 90.9 Å². The third-order valence-electron chi connectivity index (χ3n) is 3.18. The molecule has 0 aliphatic carbocycles. The van der Waals surface area contributed by atoms with Gasteiger partial charge in [-0.1, -0.05) is 38.1 Å². The summed E-state index contributed by atoms with van der Waals surface area (Å²) in [6.45, 7) is 5.77. The van der Waals surface area contributed by atoms with Crippen molar-refractivity contribution in [3.05, 3.63) is 35.4 Å². The number of hydrogen-bond acceptors (Lipinski definition) is 1. The van der Waals surface area contributed by atoms with E-state index in [1.165, 1.54) is 5.56 Å². The van der Waals surface area contributed by atoms with Gasteiger partial charge in [-0.2, -0.15) is 0 Å². The molecule has 15 heavy (non-hydrogen) atoms. The summed E-state index contributed by atoms with van der Waals surface area (Å²) in [6.07, 6.45) is 1.59. The largest absolute Gasteiger partial charge is 0.481 e. The predicted octanol–water partition coefficient (Wildman–Crippen LogP) is 3.00. The third-order valence-corrected chi connectivity index (χ3v) is 3.18. The number of hydrogen-bond donors (Lipinski definition) is 1. The zero-order chi connectivity index (χ0) is 11.5. The van der Waals surface area contributed by atoms with Crippen molar-refractivity contribution in [3.8, 4) is 0 Å². The summed E-state index contributed by atoms with van der Waals surface area (Å²) in [7, 11) is 0. The number of aliphatic carboxylic acids is 1. The van der Waals surface area contributed by atoms with Crippen molar-refractivity contribution in [2.45, 2.75) is 39.0 Å². The molecule has 82 valence electrons. The average Bonchev–Trinajstić information content (AvgIpc) is 2.28. The van der Waals surface area contributed by atoms with Crippen molar-refractivity contribution in [3.63, 3.8) is 0 Å². The summed E-state index contributed by atoms with van der Waals surface area (Å²) >= 11 is 0. The first-order valence-electron chi connectivity index (χ1n) is 5.37. The lowest BCUT2D eigenvalue weighted by molar-refractivity contribution is -0.143. The zero-order valence-corrected chi connectivity index (χ0v) is 9.58. The van der Waals surface area contributed by atoms with E-state index >= 15 is 0 Å². The molecule has 1 unspecified atom stereocenters. The number of aryl methyl sites for hydroxylation is 1. The lowest BCUT2D eigenvalue weighted by atomic mass is 9.80. The van der Waals surface area contributed by atoms with E-state index in [1.54, 1.807) is 6.92 Å². The quantitative estimate of drug-likeness (QED) is 0.822. The second kappa shape index (κ2) is 4.47. The van der Waals surface area contributed by atoms with Gasteiger partial charge in [0.15, 0.2) is 0 Å². The first-order valence-corrected chi connectivity index (χ1v) is 5.37. The van der Waals surface area contributed by atoms with Crippen molar-refractivity contribution in [2.24, 2.45) is 0 Å². The molecule has 1 aromatic rings. The molecule has 1 rings (SSSR count). The highest BCUT2D eigenvalue weighted by Gasteiger charge is 2.32. The number of benzene rings is 1. The molecule has 0 spiro atoms. The monoisotopic (exact) mass is 206 g/mol. The van der Waals surface area contributed by atoms with Gasteiger partial charge in [0.1, 0.15) is 0 Å². The first kappa shape index (κ1) is 11.8. The van der Waals surface area contributed by atoms with Crippen LogP contribution in [0.3, 0.4) is 0 Å². The van der Waals surface area contributed by atoms with Crippen molar-refractivity contribution in [1.29, 1.82) is 0 Å². The van der Waals surface area contributed by atoms with Crippen LogP contribution in [-0.4, -0.2) is 11.1 Å². The molecule has 1 atom stereocenters. The van der Waals surface area contributed by atoms with Gasteiger partial charge in [0, 0.05) is 0 Å². The molecular formula is C13H18O2. The normalized spacial score (nSPS) is 14.6. The van der Waals surface area contributed by atoms with E-state index in [4.69, 9.17) is 0 Å². The Balaban J connectivity index is 3.08. The number of carbonyl (C=O) groups is 1. The standard InChI is InChI=1S/C13H18O2/c1-4-10-6-8-11(9-7-10)13(3,5-2)12(14)15/h6-9H,4-5H2,1-3H3,(H,14,15). The van der Waals surface area contributed by atoms with E-state index in [0.29, 0.717) is 6.42 Å². The van der Waals surface area contributed by atoms with Gasteiger partial charge in [-0.25, -0.2) is 0 Å². The number of carboxylic acid groups (broad SMARTS) is 1. The molecule has 1 aromatic carbocycles. The summed E-state index contributed by atoms with van der Waals surface area (Å²) in [6, 6.07) is 7.87. The molecule has 0 saturated heterocycles. The van der Waals surface area contributed by atoms with E-state index in [0.717, 1.165) is 12.0 Å². The third kappa shape index (κ3) is 2.20. The summed E-state index contributed by atoms with van der Waals surface area (Å²) in [5, 5.41) is 9.21. The van der Waals surface area contributed by atoms with Gasteiger partial charge in [-0.05, 0) is 30.9 Å². The van der Waals surface area contributed by atoms with Crippen LogP contribution in [0.15, 0.2) is 24.3 Å². The van der Waals surface area contributed by atoms with Crippen molar-refractivity contribution in [2.75, 3.05) is 0 Å². The molecule has 0 aliphatic rings. The van der Waals surface area contributed by atoms with Crippen LogP contribution in [-0.2, 0) is 16.6 Å². The van der Waals surface area contributed by atoms with E-state index < -0.39 is 11.4 Å². The van der Waals surface area contributed by atoms with Gasteiger partial charge >= 0.3 is 5.97 Å². The first-order chi connectivity index (χ1) is 7.04. The molecule has 0 radical (unpaired) electrons. The predicted molar refractivity (Wildman–Crippen MR) is 61.1 cm³/mol. The van der Waals surface area contributed by atoms with Gasteiger partial charge < -0.3 is 5.11 Å². The van der Waals surface area contributed by atoms with Crippen LogP contribution in [0.4, 0.5) is 0 Å². The van der Waals surface area contributed by atoms with Crippen LogP contribution in [0.1, 0.15) is 38.3 Å². The smallest absolute Gasteiger partial charge is 0.313 e. The Morgan fingerprint density at radius 3 is 2.13 bits per heavy atom. The van der Waals surface area contributed by atoms with Gasteiger partial charge in [-0.3, -0.25) is 4.79 Å². The maximum atomic E-state index is 11.2. The Morgan fingerprint density at radius 2 is 1.80 bits per heavy atom. The SMILES string of the molecule is CCc1ccc(C(C)(CC)C(=O)O)cc1. The second-order valence-corrected chi connectivity index (χ2v) is 4.04. The highest BCUT2D eigenvalue weighted by Crippen LogP contribution is 2.27. The molecule has 1 N–H and O–H groups in total. The molecule has 0 bridgehead atoms. The molecule has 0 amide bonds. The van der Waals surface area contributed by atoms with Crippen LogP contribution < -0.4 is 0 Å². The Kier molecular flexibility index (Phi) is 3.51. The average molecular weight is 206 g/mol. The van der Waals surface area contributed by atoms with E-state index in [2.05, 4.69) is 6.92 Å². The minimum atomic E-state index is -0.758. The van der Waals surface area contributed by atoms with E-state index in [9.17, 15) is 9.90 Å². The minimum absolute atomic E-state index is 0.605. The Bertz CT molecular complexity index is 340. The molecule has 0 saturated carbocycles. The highest BCUT2D eigenvalue weighted by molar-refractivity contribution is 5.80. The fourth-order valence-corrected chi connectivity index (χ4v) is 1.59. The second-order valence-electron chi connectivity index (χ2n) is 4.04. The molecular weight excluding hydrogens is 188 g/mol. The van der Waals surface area contributed by atoms with Crippen molar-refractivity contribution >= 4 is 5.97 Å². The summed E-state index contributed by atoms with van der Waals surface area (Å²) in [5.74, 6) is -0.755. The molecule has 2 nitrogen and oxygen atoms in total. The summed E-state index contributed by atoms with van der Waals surface area (Å²) in [4.78, 5) is 11.2.